The smallest absolute Gasteiger partial charge is 0.328 e. The molecule has 6 nitrogen and oxygen atoms in total. The number of thiophene rings is 1. The molecule has 0 spiro atoms. The van der Waals surface area contributed by atoms with Gasteiger partial charge < -0.3 is 20.5 Å². The van der Waals surface area contributed by atoms with Gasteiger partial charge >= 0.3 is 12.0 Å². The zero-order valence-corrected chi connectivity index (χ0v) is 11.6. The Morgan fingerprint density at radius 2 is 2.40 bits per heavy atom. The molecule has 7 heteroatoms. The van der Waals surface area contributed by atoms with Gasteiger partial charge in [0.1, 0.15) is 0 Å². The van der Waals surface area contributed by atoms with Gasteiger partial charge in [0.05, 0.1) is 19.2 Å². The summed E-state index contributed by atoms with van der Waals surface area (Å²) in [5.41, 5.74) is 0.807. The quantitative estimate of drug-likeness (QED) is 0.717. The van der Waals surface area contributed by atoms with Gasteiger partial charge in [0.2, 0.25) is 0 Å². The van der Waals surface area contributed by atoms with Gasteiger partial charge in [-0.25, -0.2) is 9.59 Å². The second-order valence-electron chi connectivity index (χ2n) is 4.36. The minimum Gasteiger partial charge on any atom is -0.478 e. The van der Waals surface area contributed by atoms with E-state index in [2.05, 4.69) is 10.6 Å². The van der Waals surface area contributed by atoms with Crippen molar-refractivity contribution < 1.29 is 19.4 Å². The number of hydrogen-bond donors (Lipinski definition) is 3. The molecule has 108 valence electrons. The minimum absolute atomic E-state index is 0.0738. The first kappa shape index (κ1) is 14.5. The van der Waals surface area contributed by atoms with Crippen LogP contribution in [0.3, 0.4) is 0 Å². The Morgan fingerprint density at radius 1 is 1.55 bits per heavy atom. The van der Waals surface area contributed by atoms with Crippen LogP contribution in [0.4, 0.5) is 4.79 Å². The summed E-state index contributed by atoms with van der Waals surface area (Å²) < 4.78 is 5.18. The molecule has 0 saturated carbocycles. The lowest BCUT2D eigenvalue weighted by atomic mass is 10.2. The van der Waals surface area contributed by atoms with Gasteiger partial charge in [0, 0.05) is 17.6 Å². The predicted octanol–water partition coefficient (Wildman–Crippen LogP) is 1.43. The van der Waals surface area contributed by atoms with Crippen molar-refractivity contribution in [2.45, 2.75) is 19.0 Å². The number of ether oxygens (including phenoxy) is 1. The number of carboxylic acids is 1. The highest BCUT2D eigenvalue weighted by atomic mass is 32.1. The van der Waals surface area contributed by atoms with Gasteiger partial charge in [-0.2, -0.15) is 0 Å². The SMILES string of the molecule is O=C(O)/C=C/c1ccsc1CNC(=O)NC1CCOC1. The highest BCUT2D eigenvalue weighted by Crippen LogP contribution is 2.18. The van der Waals surface area contributed by atoms with E-state index in [0.717, 1.165) is 22.9 Å². The van der Waals surface area contributed by atoms with Crippen LogP contribution >= 0.6 is 11.3 Å². The van der Waals surface area contributed by atoms with Crippen molar-refractivity contribution in [3.05, 3.63) is 28.0 Å². The molecule has 20 heavy (non-hydrogen) atoms. The number of hydrogen-bond acceptors (Lipinski definition) is 4. The van der Waals surface area contributed by atoms with Crippen LogP contribution in [0.1, 0.15) is 16.9 Å². The topological polar surface area (TPSA) is 87.7 Å². The zero-order valence-electron chi connectivity index (χ0n) is 10.8. The van der Waals surface area contributed by atoms with Gasteiger partial charge in [0.25, 0.3) is 0 Å². The summed E-state index contributed by atoms with van der Waals surface area (Å²) in [6.07, 6.45) is 3.44. The van der Waals surface area contributed by atoms with Gasteiger partial charge in [0.15, 0.2) is 0 Å². The number of amides is 2. The van der Waals surface area contributed by atoms with E-state index in [1.807, 2.05) is 11.4 Å². The summed E-state index contributed by atoms with van der Waals surface area (Å²) >= 11 is 1.47. The lowest BCUT2D eigenvalue weighted by Gasteiger charge is -2.11. The molecule has 1 aliphatic rings. The molecule has 1 aliphatic heterocycles. The van der Waals surface area contributed by atoms with E-state index in [9.17, 15) is 9.59 Å². The van der Waals surface area contributed by atoms with E-state index in [1.54, 1.807) is 0 Å². The summed E-state index contributed by atoms with van der Waals surface area (Å²) in [5, 5.41) is 16.1. The molecule has 1 aromatic heterocycles. The maximum absolute atomic E-state index is 11.7. The van der Waals surface area contributed by atoms with Crippen LogP contribution in [0, 0.1) is 0 Å². The van der Waals surface area contributed by atoms with E-state index < -0.39 is 5.97 Å². The third-order valence-electron chi connectivity index (χ3n) is 2.86. The summed E-state index contributed by atoms with van der Waals surface area (Å²) in [4.78, 5) is 23.1. The monoisotopic (exact) mass is 296 g/mol. The van der Waals surface area contributed by atoms with E-state index in [-0.39, 0.29) is 12.1 Å². The average Bonchev–Trinajstić information content (AvgIpc) is 3.04. The molecule has 2 rings (SSSR count). The van der Waals surface area contributed by atoms with Crippen LogP contribution in [0.25, 0.3) is 6.08 Å². The van der Waals surface area contributed by atoms with Crippen molar-refractivity contribution in [1.82, 2.24) is 10.6 Å². The maximum Gasteiger partial charge on any atom is 0.328 e. The normalized spacial score (nSPS) is 18.3. The van der Waals surface area contributed by atoms with Crippen molar-refractivity contribution in [2.24, 2.45) is 0 Å². The van der Waals surface area contributed by atoms with Gasteiger partial charge in [-0.05, 0) is 29.5 Å². The largest absolute Gasteiger partial charge is 0.478 e. The molecule has 1 aromatic rings. The predicted molar refractivity (Wildman–Crippen MR) is 75.6 cm³/mol. The Labute approximate surface area is 120 Å². The lowest BCUT2D eigenvalue weighted by Crippen LogP contribution is -2.41. The third-order valence-corrected chi connectivity index (χ3v) is 3.80. The second kappa shape index (κ2) is 7.06. The van der Waals surface area contributed by atoms with Crippen molar-refractivity contribution in [2.75, 3.05) is 13.2 Å². The lowest BCUT2D eigenvalue weighted by molar-refractivity contribution is -0.131. The molecule has 1 saturated heterocycles. The molecular weight excluding hydrogens is 280 g/mol. The minimum atomic E-state index is -0.992. The van der Waals surface area contributed by atoms with Crippen LogP contribution in [0.15, 0.2) is 17.5 Å². The Balaban J connectivity index is 1.82. The van der Waals surface area contributed by atoms with Crippen LogP contribution in [-0.2, 0) is 16.1 Å². The first-order valence-corrected chi connectivity index (χ1v) is 7.12. The molecule has 1 fully saturated rings. The number of carboxylic acid groups (broad SMARTS) is 1. The number of nitrogens with one attached hydrogen (secondary N) is 2. The number of rotatable bonds is 5. The van der Waals surface area contributed by atoms with Gasteiger partial charge in [-0.1, -0.05) is 0 Å². The number of carbonyl (C=O) groups is 2. The van der Waals surface area contributed by atoms with Crippen molar-refractivity contribution in [3.63, 3.8) is 0 Å². The van der Waals surface area contributed by atoms with Crippen LogP contribution in [0.5, 0.6) is 0 Å². The fourth-order valence-corrected chi connectivity index (χ4v) is 2.66. The summed E-state index contributed by atoms with van der Waals surface area (Å²) in [7, 11) is 0. The van der Waals surface area contributed by atoms with Crippen molar-refractivity contribution in [1.29, 1.82) is 0 Å². The molecule has 1 unspecified atom stereocenters. The summed E-state index contributed by atoms with van der Waals surface area (Å²) in [5.74, 6) is -0.992. The highest BCUT2D eigenvalue weighted by molar-refractivity contribution is 7.10. The molecule has 0 bridgehead atoms. The average molecular weight is 296 g/mol. The van der Waals surface area contributed by atoms with Crippen LogP contribution in [-0.4, -0.2) is 36.4 Å². The molecule has 0 aliphatic carbocycles. The third kappa shape index (κ3) is 4.36. The standard InChI is InChI=1S/C13H16N2O4S/c16-12(17)2-1-9-4-6-20-11(9)7-14-13(18)15-10-3-5-19-8-10/h1-2,4,6,10H,3,5,7-8H2,(H,16,17)(H2,14,15,18)/b2-1+. The van der Waals surface area contributed by atoms with Crippen molar-refractivity contribution >= 4 is 29.4 Å². The number of aliphatic carboxylic acids is 1. The molecule has 2 amide bonds. The Morgan fingerprint density at radius 3 is 3.10 bits per heavy atom. The Hall–Kier alpha value is -1.86. The first-order valence-electron chi connectivity index (χ1n) is 6.24. The first-order chi connectivity index (χ1) is 9.65. The molecule has 3 N–H and O–H groups in total. The van der Waals surface area contributed by atoms with E-state index in [0.29, 0.717) is 19.8 Å². The van der Waals surface area contributed by atoms with Gasteiger partial charge in [-0.3, -0.25) is 0 Å². The fraction of sp³-hybridized carbons (Fsp3) is 0.385. The van der Waals surface area contributed by atoms with E-state index in [4.69, 9.17) is 9.84 Å². The van der Waals surface area contributed by atoms with E-state index >= 15 is 0 Å². The molecular formula is C13H16N2O4S. The highest BCUT2D eigenvalue weighted by Gasteiger charge is 2.17. The molecule has 0 aromatic carbocycles. The maximum atomic E-state index is 11.7. The molecule has 2 heterocycles. The zero-order chi connectivity index (χ0) is 14.4. The number of carbonyl (C=O) groups excluding carboxylic acids is 1. The fourth-order valence-electron chi connectivity index (χ4n) is 1.85. The molecule has 1 atom stereocenters. The Bertz CT molecular complexity index is 506. The summed E-state index contributed by atoms with van der Waals surface area (Å²) in [6, 6.07) is 1.66. The van der Waals surface area contributed by atoms with E-state index in [1.165, 1.54) is 17.4 Å². The van der Waals surface area contributed by atoms with Crippen LogP contribution < -0.4 is 10.6 Å². The van der Waals surface area contributed by atoms with Crippen LogP contribution in [0.2, 0.25) is 0 Å². The second-order valence-corrected chi connectivity index (χ2v) is 5.36. The Kier molecular flexibility index (Phi) is 5.14. The van der Waals surface area contributed by atoms with Crippen molar-refractivity contribution in [3.8, 4) is 0 Å². The number of urea groups is 1. The van der Waals surface area contributed by atoms with Gasteiger partial charge in [-0.15, -0.1) is 11.3 Å². The summed E-state index contributed by atoms with van der Waals surface area (Å²) in [6.45, 7) is 1.61. The molecule has 0 radical (unpaired) electrons.